The fraction of sp³-hybridized carbons (Fsp3) is 0. The zero-order valence-corrected chi connectivity index (χ0v) is 22.3. The summed E-state index contributed by atoms with van der Waals surface area (Å²) in [5.74, 6) is 1.76. The van der Waals surface area contributed by atoms with Crippen LogP contribution in [0.2, 0.25) is 0 Å². The minimum Gasteiger partial charge on any atom is -0.454 e. The number of nitrogens with zero attached hydrogens (tertiary/aromatic N) is 5. The van der Waals surface area contributed by atoms with Crippen LogP contribution in [-0.2, 0) is 0 Å². The Hall–Kier alpha value is -5.88. The summed E-state index contributed by atoms with van der Waals surface area (Å²) in [4.78, 5) is 22.4. The van der Waals surface area contributed by atoms with Gasteiger partial charge in [0.15, 0.2) is 17.2 Å². The number of rotatable bonds is 3. The molecule has 8 aromatic rings. The molecule has 0 N–H and O–H groups in total. The number of hydrogen-bond acceptors (Lipinski definition) is 6. The number of anilines is 3. The number of pyridine rings is 1. The van der Waals surface area contributed by atoms with Crippen LogP contribution in [-0.4, -0.2) is 19.9 Å². The van der Waals surface area contributed by atoms with Crippen LogP contribution < -0.4 is 4.90 Å². The van der Waals surface area contributed by atoms with Crippen molar-refractivity contribution in [1.29, 1.82) is 0 Å². The summed E-state index contributed by atoms with van der Waals surface area (Å²) in [6, 6.07) is 42.7. The third-order valence-corrected chi connectivity index (χ3v) is 7.85. The summed E-state index contributed by atoms with van der Waals surface area (Å²) >= 11 is 0. The van der Waals surface area contributed by atoms with Gasteiger partial charge in [0.2, 0.25) is 5.95 Å². The highest BCUT2D eigenvalue weighted by atomic mass is 16.3. The molecule has 0 amide bonds. The number of benzene rings is 5. The molecule has 0 spiro atoms. The van der Waals surface area contributed by atoms with Gasteiger partial charge in [-0.1, -0.05) is 103 Å². The maximum Gasteiger partial charge on any atom is 0.238 e. The van der Waals surface area contributed by atoms with Crippen molar-refractivity contribution in [3.8, 4) is 34.0 Å². The second-order valence-electron chi connectivity index (χ2n) is 10.3. The molecule has 196 valence electrons. The van der Waals surface area contributed by atoms with Crippen molar-refractivity contribution in [2.45, 2.75) is 0 Å². The predicted molar refractivity (Wildman–Crippen MR) is 167 cm³/mol. The minimum atomic E-state index is 0.540. The first kappa shape index (κ1) is 22.9. The Balaban J connectivity index is 1.37. The summed E-state index contributed by atoms with van der Waals surface area (Å²) in [7, 11) is 0. The molecule has 0 radical (unpaired) electrons. The first-order chi connectivity index (χ1) is 20.8. The molecule has 42 heavy (non-hydrogen) atoms. The van der Waals surface area contributed by atoms with Crippen molar-refractivity contribution >= 4 is 50.2 Å². The second kappa shape index (κ2) is 8.81. The molecule has 5 aromatic carbocycles. The van der Waals surface area contributed by atoms with E-state index in [2.05, 4.69) is 41.3 Å². The second-order valence-corrected chi connectivity index (χ2v) is 10.3. The van der Waals surface area contributed by atoms with Crippen molar-refractivity contribution in [1.82, 2.24) is 19.9 Å². The predicted octanol–water partition coefficient (Wildman–Crippen LogP) is 9.10. The van der Waals surface area contributed by atoms with Gasteiger partial charge in [0, 0.05) is 32.8 Å². The molecule has 0 atom stereocenters. The van der Waals surface area contributed by atoms with Gasteiger partial charge >= 0.3 is 0 Å². The Morgan fingerprint density at radius 2 is 1.12 bits per heavy atom. The molecular formula is C36H21N5O. The molecule has 1 aliphatic heterocycles. The third-order valence-electron chi connectivity index (χ3n) is 7.85. The highest BCUT2D eigenvalue weighted by Gasteiger charge is 2.31. The molecule has 6 nitrogen and oxygen atoms in total. The topological polar surface area (TPSA) is 67.9 Å². The van der Waals surface area contributed by atoms with Gasteiger partial charge in [-0.05, 0) is 24.3 Å². The molecule has 9 rings (SSSR count). The van der Waals surface area contributed by atoms with Crippen LogP contribution in [0.1, 0.15) is 0 Å². The van der Waals surface area contributed by atoms with E-state index in [1.165, 1.54) is 0 Å². The van der Waals surface area contributed by atoms with Gasteiger partial charge in [-0.15, -0.1) is 0 Å². The van der Waals surface area contributed by atoms with Crippen LogP contribution >= 0.6 is 0 Å². The fourth-order valence-electron chi connectivity index (χ4n) is 5.96. The van der Waals surface area contributed by atoms with E-state index in [1.807, 2.05) is 91.0 Å². The van der Waals surface area contributed by atoms with Gasteiger partial charge in [0.25, 0.3) is 0 Å². The van der Waals surface area contributed by atoms with Crippen molar-refractivity contribution < 1.29 is 4.42 Å². The van der Waals surface area contributed by atoms with E-state index in [4.69, 9.17) is 24.4 Å². The van der Waals surface area contributed by atoms with E-state index in [1.54, 1.807) is 0 Å². The molecule has 0 unspecified atom stereocenters. The largest absolute Gasteiger partial charge is 0.454 e. The van der Waals surface area contributed by atoms with E-state index >= 15 is 0 Å². The van der Waals surface area contributed by atoms with E-state index in [0.717, 1.165) is 66.6 Å². The lowest BCUT2D eigenvalue weighted by Crippen LogP contribution is -2.19. The Labute approximate surface area is 240 Å². The quantitative estimate of drug-likeness (QED) is 0.223. The number of para-hydroxylation sites is 2. The number of aromatic nitrogens is 4. The van der Waals surface area contributed by atoms with Gasteiger partial charge in [-0.3, -0.25) is 4.90 Å². The summed E-state index contributed by atoms with van der Waals surface area (Å²) in [6.07, 6.45) is 0. The van der Waals surface area contributed by atoms with E-state index in [0.29, 0.717) is 17.6 Å². The lowest BCUT2D eigenvalue weighted by molar-refractivity contribution is 0.672. The van der Waals surface area contributed by atoms with Gasteiger partial charge in [0.1, 0.15) is 11.1 Å². The zero-order chi connectivity index (χ0) is 27.6. The molecule has 6 heteroatoms. The highest BCUT2D eigenvalue weighted by Crippen LogP contribution is 2.51. The van der Waals surface area contributed by atoms with Crippen molar-refractivity contribution in [2.24, 2.45) is 0 Å². The molecule has 0 saturated carbocycles. The Morgan fingerprint density at radius 3 is 1.88 bits per heavy atom. The van der Waals surface area contributed by atoms with Crippen LogP contribution in [0.4, 0.5) is 17.3 Å². The molecule has 1 aliphatic rings. The molecule has 0 saturated heterocycles. The maximum absolute atomic E-state index is 6.40. The van der Waals surface area contributed by atoms with Crippen LogP contribution in [0, 0.1) is 0 Å². The molecule has 0 fully saturated rings. The van der Waals surface area contributed by atoms with Crippen molar-refractivity contribution in [3.63, 3.8) is 0 Å². The van der Waals surface area contributed by atoms with Crippen molar-refractivity contribution in [2.75, 3.05) is 4.90 Å². The zero-order valence-electron chi connectivity index (χ0n) is 22.3. The summed E-state index contributed by atoms with van der Waals surface area (Å²) < 4.78 is 6.40. The van der Waals surface area contributed by atoms with E-state index in [-0.39, 0.29) is 0 Å². The monoisotopic (exact) mass is 539 g/mol. The smallest absolute Gasteiger partial charge is 0.238 e. The van der Waals surface area contributed by atoms with Crippen LogP contribution in [0.15, 0.2) is 132 Å². The number of fused-ring (bicyclic) bond motifs is 6. The Morgan fingerprint density at radius 1 is 0.500 bits per heavy atom. The normalized spacial score (nSPS) is 12.2. The Bertz CT molecular complexity index is 2250. The first-order valence-corrected chi connectivity index (χ1v) is 13.8. The fourth-order valence-corrected chi connectivity index (χ4v) is 5.96. The molecular weight excluding hydrogens is 518 g/mol. The third kappa shape index (κ3) is 3.32. The molecule has 3 aromatic heterocycles. The Kier molecular flexibility index (Phi) is 4.80. The maximum atomic E-state index is 6.40. The van der Waals surface area contributed by atoms with Gasteiger partial charge in [-0.2, -0.15) is 9.97 Å². The van der Waals surface area contributed by atoms with E-state index < -0.39 is 0 Å². The molecule has 0 aliphatic carbocycles. The van der Waals surface area contributed by atoms with Crippen LogP contribution in [0.3, 0.4) is 0 Å². The molecule has 0 bridgehead atoms. The lowest BCUT2D eigenvalue weighted by Gasteiger charge is -2.31. The minimum absolute atomic E-state index is 0.540. The van der Waals surface area contributed by atoms with E-state index in [9.17, 15) is 0 Å². The first-order valence-electron chi connectivity index (χ1n) is 13.8. The molecule has 4 heterocycles. The summed E-state index contributed by atoms with van der Waals surface area (Å²) in [5, 5.41) is 3.02. The average Bonchev–Trinajstić information content (AvgIpc) is 3.44. The number of hydrogen-bond donors (Lipinski definition) is 0. The van der Waals surface area contributed by atoms with Gasteiger partial charge in [0.05, 0.1) is 17.1 Å². The summed E-state index contributed by atoms with van der Waals surface area (Å²) in [5.41, 5.74) is 8.16. The standard InChI is InChI=1S/C36H21N5O/c1-3-12-22(13-4-1)34-38-35(23-14-5-2-6-15-23)40-36(39-34)41-27-19-9-7-16-24(27)31-30-26(18-11-20-28(30)41)33-32(37-31)25-17-8-10-21-29(25)42-33/h1-21H. The highest BCUT2D eigenvalue weighted by molar-refractivity contribution is 6.22. The van der Waals surface area contributed by atoms with Crippen molar-refractivity contribution in [3.05, 3.63) is 127 Å². The average molecular weight is 540 g/mol. The SMILES string of the molecule is c1ccc(-c2nc(-c3ccccc3)nc(N3c4ccccc4-c4nc5c6ccccc6oc5c5cccc3c45)n2)cc1. The number of furan rings is 1. The lowest BCUT2D eigenvalue weighted by atomic mass is 9.95. The van der Waals surface area contributed by atoms with Crippen LogP contribution in [0.25, 0.3) is 66.9 Å². The summed E-state index contributed by atoms with van der Waals surface area (Å²) in [6.45, 7) is 0. The van der Waals surface area contributed by atoms with Crippen LogP contribution in [0.5, 0.6) is 0 Å². The van der Waals surface area contributed by atoms with Gasteiger partial charge < -0.3 is 4.42 Å². The van der Waals surface area contributed by atoms with Gasteiger partial charge in [-0.25, -0.2) is 9.97 Å².